The molecule has 4 rings (SSSR count). The van der Waals surface area contributed by atoms with Gasteiger partial charge in [0.1, 0.15) is 17.7 Å². The van der Waals surface area contributed by atoms with E-state index in [-0.39, 0.29) is 42.8 Å². The van der Waals surface area contributed by atoms with Crippen LogP contribution >= 0.6 is 27.5 Å². The van der Waals surface area contributed by atoms with Crippen molar-refractivity contribution in [3.8, 4) is 0 Å². The Morgan fingerprint density at radius 3 is 2.60 bits per heavy atom. The van der Waals surface area contributed by atoms with Gasteiger partial charge < -0.3 is 29.7 Å². The summed E-state index contributed by atoms with van der Waals surface area (Å²) in [6.07, 6.45) is 3.37. The van der Waals surface area contributed by atoms with Crippen LogP contribution in [0.4, 0.5) is 5.69 Å². The number of hydrogen-bond donors (Lipinski definition) is 2. The standard InChI is InChI=1S/C33H43BrClN3O7/c1-6-8-13-25(40)36-17-20(5)44-32(43)26-27-30(41)38(21(18-39)15-19(3)4)29(33(27)16-22(34)28(26)45-33)31(42)37(14-7-2)24-12-10-9-11-23(24)35/h6-7,9-12,19-22,26-29,39H,1-2,8,13-18H2,3-5H3,(H,36,40)/t20-,21+,22?,26+,27-,28+,29+,33-/m0/s1. The number of rotatable bonds is 15. The normalized spacial score (nSPS) is 28.0. The molecule has 10 nitrogen and oxygen atoms in total. The van der Waals surface area contributed by atoms with Crippen LogP contribution in [-0.2, 0) is 28.7 Å². The third-order valence-electron chi connectivity index (χ3n) is 8.78. The number of anilines is 1. The zero-order valence-electron chi connectivity index (χ0n) is 26.0. The molecule has 45 heavy (non-hydrogen) atoms. The molecule has 0 aliphatic carbocycles. The molecule has 8 atom stereocenters. The number of ether oxygens (including phenoxy) is 2. The first-order valence-corrected chi connectivity index (χ1v) is 16.7. The van der Waals surface area contributed by atoms with E-state index in [4.69, 9.17) is 21.1 Å². The van der Waals surface area contributed by atoms with Crippen LogP contribution in [0.5, 0.6) is 0 Å². The molecule has 1 aromatic rings. The van der Waals surface area contributed by atoms with Gasteiger partial charge in [0.2, 0.25) is 11.8 Å². The molecular formula is C33H43BrClN3O7. The van der Waals surface area contributed by atoms with Gasteiger partial charge in [-0.2, -0.15) is 0 Å². The van der Waals surface area contributed by atoms with E-state index in [0.717, 1.165) is 0 Å². The molecule has 12 heteroatoms. The average Bonchev–Trinajstić information content (AvgIpc) is 3.59. The van der Waals surface area contributed by atoms with Crippen LogP contribution < -0.4 is 10.2 Å². The van der Waals surface area contributed by atoms with E-state index in [0.29, 0.717) is 30.0 Å². The first-order valence-electron chi connectivity index (χ1n) is 15.4. The van der Waals surface area contributed by atoms with Gasteiger partial charge in [0, 0.05) is 17.8 Å². The summed E-state index contributed by atoms with van der Waals surface area (Å²) in [6.45, 7) is 12.9. The summed E-state index contributed by atoms with van der Waals surface area (Å²) in [5.74, 6) is -3.60. The van der Waals surface area contributed by atoms with E-state index in [1.807, 2.05) is 13.8 Å². The number of allylic oxidation sites excluding steroid dienone is 1. The van der Waals surface area contributed by atoms with Crippen molar-refractivity contribution in [2.45, 2.75) is 81.2 Å². The number of carbonyl (C=O) groups is 4. The fraction of sp³-hybridized carbons (Fsp3) is 0.576. The van der Waals surface area contributed by atoms with Gasteiger partial charge >= 0.3 is 5.97 Å². The number of para-hydroxylation sites is 1. The topological polar surface area (TPSA) is 125 Å². The Balaban J connectivity index is 1.71. The average molecular weight is 709 g/mol. The minimum Gasteiger partial charge on any atom is -0.460 e. The van der Waals surface area contributed by atoms with Crippen LogP contribution in [0.15, 0.2) is 49.6 Å². The summed E-state index contributed by atoms with van der Waals surface area (Å²) in [5.41, 5.74) is -0.909. The monoisotopic (exact) mass is 707 g/mol. The molecule has 3 aliphatic heterocycles. The van der Waals surface area contributed by atoms with Gasteiger partial charge in [0.25, 0.3) is 5.91 Å². The Kier molecular flexibility index (Phi) is 11.5. The van der Waals surface area contributed by atoms with E-state index in [9.17, 15) is 24.3 Å². The molecule has 1 unspecified atom stereocenters. The van der Waals surface area contributed by atoms with Gasteiger partial charge in [-0.3, -0.25) is 19.2 Å². The second kappa shape index (κ2) is 14.8. The third-order valence-corrected chi connectivity index (χ3v) is 9.95. The van der Waals surface area contributed by atoms with Crippen LogP contribution in [0.3, 0.4) is 0 Å². The van der Waals surface area contributed by atoms with Gasteiger partial charge in [-0.15, -0.1) is 13.2 Å². The summed E-state index contributed by atoms with van der Waals surface area (Å²) in [6, 6.07) is 5.08. The highest BCUT2D eigenvalue weighted by atomic mass is 79.9. The number of hydrogen-bond acceptors (Lipinski definition) is 7. The number of nitrogens with one attached hydrogen (secondary N) is 1. The predicted molar refractivity (Wildman–Crippen MR) is 175 cm³/mol. The number of halogens is 2. The number of amides is 3. The van der Waals surface area contributed by atoms with Gasteiger partial charge in [0.05, 0.1) is 47.8 Å². The summed E-state index contributed by atoms with van der Waals surface area (Å²) < 4.78 is 12.4. The molecule has 3 aliphatic rings. The molecule has 246 valence electrons. The Morgan fingerprint density at radius 1 is 1.27 bits per heavy atom. The molecule has 1 aromatic carbocycles. The maximum absolute atomic E-state index is 14.7. The first kappa shape index (κ1) is 35.1. The molecule has 2 N–H and O–H groups in total. The van der Waals surface area contributed by atoms with Gasteiger partial charge in [0.15, 0.2) is 0 Å². The lowest BCUT2D eigenvalue weighted by molar-refractivity contribution is -0.159. The molecule has 2 bridgehead atoms. The van der Waals surface area contributed by atoms with Crippen LogP contribution in [0, 0.1) is 17.8 Å². The molecule has 1 spiro atoms. The number of nitrogens with zero attached hydrogens (tertiary/aromatic N) is 2. The smallest absolute Gasteiger partial charge is 0.312 e. The highest BCUT2D eigenvalue weighted by Gasteiger charge is 2.77. The van der Waals surface area contributed by atoms with Crippen molar-refractivity contribution < 1.29 is 33.8 Å². The summed E-state index contributed by atoms with van der Waals surface area (Å²) in [4.78, 5) is 57.7. The van der Waals surface area contributed by atoms with Crippen molar-refractivity contribution in [1.82, 2.24) is 10.2 Å². The number of benzene rings is 1. The van der Waals surface area contributed by atoms with E-state index in [2.05, 4.69) is 34.4 Å². The van der Waals surface area contributed by atoms with Crippen molar-refractivity contribution in [3.63, 3.8) is 0 Å². The van der Waals surface area contributed by atoms with Crippen molar-refractivity contribution in [2.24, 2.45) is 17.8 Å². The SMILES string of the molecule is C=CCCC(=O)NC[C@H](C)OC(=O)[C@H]1[C@@H]2O[C@@]3(CC2Br)[C@@H]1C(=O)N([C@@H](CO)CC(C)C)[C@@H]3C(=O)N(CC=C)c1ccccc1Cl. The van der Waals surface area contributed by atoms with Crippen molar-refractivity contribution in [1.29, 1.82) is 0 Å². The molecule has 3 saturated heterocycles. The van der Waals surface area contributed by atoms with Crippen LogP contribution in [-0.4, -0.2) is 88.1 Å². The van der Waals surface area contributed by atoms with Gasteiger partial charge in [-0.1, -0.05) is 65.7 Å². The third kappa shape index (κ3) is 6.87. The lowest BCUT2D eigenvalue weighted by Gasteiger charge is -2.40. The number of aliphatic hydroxyl groups excluding tert-OH is 1. The molecule has 3 heterocycles. The molecular weight excluding hydrogens is 666 g/mol. The van der Waals surface area contributed by atoms with Crippen LogP contribution in [0.2, 0.25) is 5.02 Å². The van der Waals surface area contributed by atoms with E-state index >= 15 is 0 Å². The number of esters is 1. The van der Waals surface area contributed by atoms with Gasteiger partial charge in [-0.05, 0) is 44.2 Å². The lowest BCUT2D eigenvalue weighted by atomic mass is 9.70. The number of carbonyl (C=O) groups excluding carboxylic acids is 4. The largest absolute Gasteiger partial charge is 0.460 e. The second-order valence-corrected chi connectivity index (χ2v) is 14.0. The molecule has 0 radical (unpaired) electrons. The second-order valence-electron chi connectivity index (χ2n) is 12.4. The van der Waals surface area contributed by atoms with E-state index in [1.54, 1.807) is 43.3 Å². The number of aliphatic hydroxyl groups is 1. The van der Waals surface area contributed by atoms with E-state index < -0.39 is 59.5 Å². The Labute approximate surface area is 278 Å². The lowest BCUT2D eigenvalue weighted by Crippen LogP contribution is -2.59. The number of alkyl halides is 1. The predicted octanol–water partition coefficient (Wildman–Crippen LogP) is 4.03. The Morgan fingerprint density at radius 2 is 1.98 bits per heavy atom. The maximum atomic E-state index is 14.7. The summed E-state index contributed by atoms with van der Waals surface area (Å²) >= 11 is 10.2. The van der Waals surface area contributed by atoms with Crippen molar-refractivity contribution in [3.05, 3.63) is 54.6 Å². The van der Waals surface area contributed by atoms with E-state index in [1.165, 1.54) is 9.80 Å². The highest BCUT2D eigenvalue weighted by molar-refractivity contribution is 9.09. The van der Waals surface area contributed by atoms with Crippen LogP contribution in [0.25, 0.3) is 0 Å². The van der Waals surface area contributed by atoms with Gasteiger partial charge in [-0.25, -0.2) is 0 Å². The summed E-state index contributed by atoms with van der Waals surface area (Å²) in [5, 5.41) is 13.6. The number of fused-ring (bicyclic) bond motifs is 1. The fourth-order valence-corrected chi connectivity index (χ4v) is 8.16. The minimum absolute atomic E-state index is 0.0981. The van der Waals surface area contributed by atoms with Crippen molar-refractivity contribution in [2.75, 3.05) is 24.6 Å². The molecule has 0 saturated carbocycles. The van der Waals surface area contributed by atoms with Crippen molar-refractivity contribution >= 4 is 56.9 Å². The quantitative estimate of drug-likeness (QED) is 0.160. The Hall–Kier alpha value is -2.73. The highest BCUT2D eigenvalue weighted by Crippen LogP contribution is 2.61. The number of likely N-dealkylation sites (tertiary alicyclic amines) is 1. The molecule has 3 fully saturated rings. The van der Waals surface area contributed by atoms with Crippen LogP contribution in [0.1, 0.15) is 46.5 Å². The first-order chi connectivity index (χ1) is 21.4. The zero-order chi connectivity index (χ0) is 33.1. The molecule has 0 aromatic heterocycles. The fourth-order valence-electron chi connectivity index (χ4n) is 6.98. The zero-order valence-corrected chi connectivity index (χ0v) is 28.3. The Bertz CT molecular complexity index is 1310. The summed E-state index contributed by atoms with van der Waals surface area (Å²) in [7, 11) is 0. The maximum Gasteiger partial charge on any atom is 0.312 e. The molecule has 3 amide bonds. The minimum atomic E-state index is -1.36.